The lowest BCUT2D eigenvalue weighted by Gasteiger charge is -2.34. The predicted octanol–water partition coefficient (Wildman–Crippen LogP) is 3.58. The average molecular weight is 393 g/mol. The van der Waals surface area contributed by atoms with Crippen LogP contribution >= 0.6 is 0 Å². The Morgan fingerprint density at radius 1 is 1.25 bits per heavy atom. The van der Waals surface area contributed by atoms with Crippen LogP contribution in [0.3, 0.4) is 0 Å². The molecule has 0 spiro atoms. The molecular weight excluding hydrogens is 363 g/mol. The molecule has 1 saturated carbocycles. The van der Waals surface area contributed by atoms with Crippen molar-refractivity contribution in [2.45, 2.75) is 59.5 Å². The molecule has 1 aromatic carbocycles. The first kappa shape index (κ1) is 22.0. The fourth-order valence-electron chi connectivity index (χ4n) is 3.14. The molecule has 1 fully saturated rings. The highest BCUT2D eigenvalue weighted by Crippen LogP contribution is 2.38. The standard InChI is InChI=1S/C21H30FN2O4/c1-20(2,3)12-24-18(25)16-14(27-5)6-7-15(17(16)22)28-13-8-10-21(4,11-9-13)19(23)26/h6-7,12-13H,8-11H2,1-5H3,(H2,23,26)(H,24,25). The molecule has 6 nitrogen and oxygen atoms in total. The number of ether oxygens (including phenoxy) is 2. The monoisotopic (exact) mass is 393 g/mol. The molecule has 0 atom stereocenters. The Morgan fingerprint density at radius 2 is 1.82 bits per heavy atom. The molecule has 0 heterocycles. The van der Waals surface area contributed by atoms with E-state index in [1.807, 2.05) is 27.7 Å². The van der Waals surface area contributed by atoms with Crippen LogP contribution in [0.4, 0.5) is 4.39 Å². The van der Waals surface area contributed by atoms with Crippen LogP contribution in [0.1, 0.15) is 63.7 Å². The van der Waals surface area contributed by atoms with E-state index in [9.17, 15) is 9.59 Å². The predicted molar refractivity (Wildman–Crippen MR) is 104 cm³/mol. The van der Waals surface area contributed by atoms with Crippen molar-refractivity contribution in [3.05, 3.63) is 30.1 Å². The smallest absolute Gasteiger partial charge is 0.258 e. The number of halogens is 1. The van der Waals surface area contributed by atoms with Gasteiger partial charge in [0, 0.05) is 5.41 Å². The molecule has 1 aromatic rings. The summed E-state index contributed by atoms with van der Waals surface area (Å²) in [5.41, 5.74) is 4.46. The molecule has 0 aromatic heterocycles. The molecular formula is C21H30FN2O4. The fraction of sp³-hybridized carbons (Fsp3) is 0.571. The van der Waals surface area contributed by atoms with Crippen LogP contribution in [0, 0.1) is 23.2 Å². The first-order valence-electron chi connectivity index (χ1n) is 9.45. The Balaban J connectivity index is 2.16. The summed E-state index contributed by atoms with van der Waals surface area (Å²) < 4.78 is 26.1. The Kier molecular flexibility index (Phi) is 6.57. The number of nitrogens with one attached hydrogen (secondary N) is 1. The van der Waals surface area contributed by atoms with Gasteiger partial charge in [0.2, 0.25) is 5.91 Å². The topological polar surface area (TPSA) is 90.7 Å². The second-order valence-electron chi connectivity index (χ2n) is 8.68. The first-order chi connectivity index (χ1) is 13.0. The SMILES string of the molecule is COc1ccc(OC2CCC(C)(C(N)=O)CC2)c(F)c1C(=O)N[CH]C(C)(C)C. The summed E-state index contributed by atoms with van der Waals surface area (Å²) in [5, 5.41) is 2.62. The molecule has 1 aliphatic carbocycles. The van der Waals surface area contributed by atoms with Crippen molar-refractivity contribution in [3.63, 3.8) is 0 Å². The number of hydrogen-bond acceptors (Lipinski definition) is 4. The molecule has 1 radical (unpaired) electrons. The van der Waals surface area contributed by atoms with Gasteiger partial charge in [0.25, 0.3) is 5.91 Å². The first-order valence-corrected chi connectivity index (χ1v) is 9.45. The van der Waals surface area contributed by atoms with Crippen molar-refractivity contribution >= 4 is 11.8 Å². The van der Waals surface area contributed by atoms with Crippen LogP contribution in [0.25, 0.3) is 0 Å². The number of hydrogen-bond donors (Lipinski definition) is 2. The Morgan fingerprint density at radius 3 is 2.32 bits per heavy atom. The molecule has 0 saturated heterocycles. The maximum atomic E-state index is 15.1. The van der Waals surface area contributed by atoms with Gasteiger partial charge in [0.05, 0.1) is 19.8 Å². The second-order valence-corrected chi connectivity index (χ2v) is 8.68. The van der Waals surface area contributed by atoms with E-state index < -0.39 is 17.1 Å². The van der Waals surface area contributed by atoms with Crippen molar-refractivity contribution in [2.75, 3.05) is 7.11 Å². The summed E-state index contributed by atoms with van der Waals surface area (Å²) in [7, 11) is 1.38. The van der Waals surface area contributed by atoms with Gasteiger partial charge >= 0.3 is 0 Å². The molecule has 2 amide bonds. The summed E-state index contributed by atoms with van der Waals surface area (Å²) in [6, 6.07) is 2.97. The van der Waals surface area contributed by atoms with E-state index >= 15 is 4.39 Å². The Labute approximate surface area is 166 Å². The van der Waals surface area contributed by atoms with Crippen molar-refractivity contribution < 1.29 is 23.5 Å². The number of rotatable bonds is 6. The molecule has 0 aliphatic heterocycles. The summed E-state index contributed by atoms with van der Waals surface area (Å²) >= 11 is 0. The van der Waals surface area contributed by atoms with E-state index in [0.717, 1.165) is 0 Å². The largest absolute Gasteiger partial charge is 0.496 e. The third-order valence-electron chi connectivity index (χ3n) is 5.08. The van der Waals surface area contributed by atoms with E-state index in [1.165, 1.54) is 19.2 Å². The zero-order valence-corrected chi connectivity index (χ0v) is 17.2. The molecule has 155 valence electrons. The van der Waals surface area contributed by atoms with Crippen LogP contribution < -0.4 is 20.5 Å². The van der Waals surface area contributed by atoms with Crippen molar-refractivity contribution in [1.82, 2.24) is 5.32 Å². The number of methoxy groups -OCH3 is 1. The molecule has 28 heavy (non-hydrogen) atoms. The van der Waals surface area contributed by atoms with E-state index in [-0.39, 0.29) is 34.5 Å². The van der Waals surface area contributed by atoms with Gasteiger partial charge < -0.3 is 20.5 Å². The van der Waals surface area contributed by atoms with Crippen LogP contribution in [0.15, 0.2) is 12.1 Å². The zero-order chi connectivity index (χ0) is 21.1. The average Bonchev–Trinajstić information content (AvgIpc) is 2.62. The third-order valence-corrected chi connectivity index (χ3v) is 5.08. The summed E-state index contributed by atoms with van der Waals surface area (Å²) in [5.74, 6) is -1.55. The quantitative estimate of drug-likeness (QED) is 0.773. The minimum atomic E-state index is -0.762. The van der Waals surface area contributed by atoms with Gasteiger partial charge in [-0.3, -0.25) is 9.59 Å². The second kappa shape index (κ2) is 8.37. The lowest BCUT2D eigenvalue weighted by atomic mass is 9.74. The van der Waals surface area contributed by atoms with Gasteiger partial charge in [-0.15, -0.1) is 0 Å². The summed E-state index contributed by atoms with van der Waals surface area (Å²) in [6.07, 6.45) is 2.10. The number of benzene rings is 1. The fourth-order valence-corrected chi connectivity index (χ4v) is 3.14. The molecule has 7 heteroatoms. The molecule has 1 aliphatic rings. The van der Waals surface area contributed by atoms with E-state index in [0.29, 0.717) is 25.7 Å². The maximum absolute atomic E-state index is 15.1. The van der Waals surface area contributed by atoms with Crippen LogP contribution in [0.2, 0.25) is 0 Å². The molecule has 0 unspecified atom stereocenters. The van der Waals surface area contributed by atoms with Crippen LogP contribution in [-0.4, -0.2) is 25.0 Å². The zero-order valence-electron chi connectivity index (χ0n) is 17.2. The minimum absolute atomic E-state index is 0.00520. The van der Waals surface area contributed by atoms with Crippen molar-refractivity contribution in [1.29, 1.82) is 0 Å². The van der Waals surface area contributed by atoms with Crippen LogP contribution in [0.5, 0.6) is 11.5 Å². The third kappa shape index (κ3) is 5.14. The number of carbonyl (C=O) groups excluding carboxylic acids is 2. The lowest BCUT2D eigenvalue weighted by Crippen LogP contribution is -2.40. The minimum Gasteiger partial charge on any atom is -0.496 e. The number of amides is 2. The number of nitrogens with two attached hydrogens (primary N) is 1. The van der Waals surface area contributed by atoms with Gasteiger partial charge in [0.1, 0.15) is 11.3 Å². The molecule has 2 rings (SSSR count). The highest BCUT2D eigenvalue weighted by atomic mass is 19.1. The van der Waals surface area contributed by atoms with Crippen molar-refractivity contribution in [3.8, 4) is 11.5 Å². The highest BCUT2D eigenvalue weighted by Gasteiger charge is 2.37. The van der Waals surface area contributed by atoms with Crippen LogP contribution in [-0.2, 0) is 4.79 Å². The summed E-state index contributed by atoms with van der Waals surface area (Å²) in [6.45, 7) is 9.21. The van der Waals surface area contributed by atoms with Gasteiger partial charge in [-0.25, -0.2) is 4.39 Å². The van der Waals surface area contributed by atoms with E-state index in [1.54, 1.807) is 6.54 Å². The molecule has 0 bridgehead atoms. The lowest BCUT2D eigenvalue weighted by molar-refractivity contribution is -0.129. The van der Waals surface area contributed by atoms with E-state index in [4.69, 9.17) is 15.2 Å². The normalized spacial score (nSPS) is 22.4. The maximum Gasteiger partial charge on any atom is 0.258 e. The molecule has 3 N–H and O–H groups in total. The van der Waals surface area contributed by atoms with Gasteiger partial charge in [-0.1, -0.05) is 27.7 Å². The van der Waals surface area contributed by atoms with Gasteiger partial charge in [0.15, 0.2) is 11.6 Å². The van der Waals surface area contributed by atoms with Gasteiger partial charge in [-0.2, -0.15) is 0 Å². The van der Waals surface area contributed by atoms with Gasteiger partial charge in [-0.05, 0) is 43.2 Å². The Bertz CT molecular complexity index is 735. The Hall–Kier alpha value is -2.31. The number of primary amides is 1. The highest BCUT2D eigenvalue weighted by molar-refractivity contribution is 5.98. The number of carbonyl (C=O) groups is 2. The van der Waals surface area contributed by atoms with Crippen molar-refractivity contribution in [2.24, 2.45) is 16.6 Å². The summed E-state index contributed by atoms with van der Waals surface area (Å²) in [4.78, 5) is 24.1. The van der Waals surface area contributed by atoms with E-state index in [2.05, 4.69) is 5.32 Å².